The van der Waals surface area contributed by atoms with E-state index in [1.807, 2.05) is 6.07 Å². The van der Waals surface area contributed by atoms with Crippen LogP contribution in [0.1, 0.15) is 6.92 Å². The second-order valence-corrected chi connectivity index (χ2v) is 3.65. The second kappa shape index (κ2) is 5.35. The fourth-order valence-electron chi connectivity index (χ4n) is 1.63. The normalized spacial score (nSPS) is 10.3. The standard InChI is InChI=1S/C13H14N2O3/c1-2-17-12(16)8-18-11-6-5-10(14)13-9(11)4-3-7-15-13/h3-7H,2,8,14H2,1H3. The van der Waals surface area contributed by atoms with Crippen LogP contribution in [0, 0.1) is 0 Å². The van der Waals surface area contributed by atoms with Crippen LogP contribution < -0.4 is 10.5 Å². The van der Waals surface area contributed by atoms with Crippen LogP contribution in [0.25, 0.3) is 10.9 Å². The third kappa shape index (κ3) is 2.51. The zero-order valence-electron chi connectivity index (χ0n) is 10.1. The van der Waals surface area contributed by atoms with Gasteiger partial charge in [-0.3, -0.25) is 4.98 Å². The highest BCUT2D eigenvalue weighted by Crippen LogP contribution is 2.28. The highest BCUT2D eigenvalue weighted by Gasteiger charge is 2.08. The van der Waals surface area contributed by atoms with Gasteiger partial charge in [-0.1, -0.05) is 0 Å². The van der Waals surface area contributed by atoms with Gasteiger partial charge in [-0.25, -0.2) is 4.79 Å². The van der Waals surface area contributed by atoms with Gasteiger partial charge in [0.2, 0.25) is 0 Å². The monoisotopic (exact) mass is 246 g/mol. The van der Waals surface area contributed by atoms with Crippen molar-refractivity contribution in [1.29, 1.82) is 0 Å². The molecule has 2 rings (SSSR count). The van der Waals surface area contributed by atoms with Crippen molar-refractivity contribution in [2.75, 3.05) is 18.9 Å². The lowest BCUT2D eigenvalue weighted by Crippen LogP contribution is -2.14. The number of ether oxygens (including phenoxy) is 2. The molecule has 0 aliphatic rings. The summed E-state index contributed by atoms with van der Waals surface area (Å²) in [5.74, 6) is 0.173. The molecule has 5 nitrogen and oxygen atoms in total. The van der Waals surface area contributed by atoms with E-state index in [1.54, 1.807) is 31.3 Å². The van der Waals surface area contributed by atoms with Gasteiger partial charge in [0.15, 0.2) is 6.61 Å². The summed E-state index contributed by atoms with van der Waals surface area (Å²) in [6, 6.07) is 7.06. The predicted octanol–water partition coefficient (Wildman–Crippen LogP) is 1.76. The van der Waals surface area contributed by atoms with Crippen LogP contribution in [0.5, 0.6) is 5.75 Å². The Balaban J connectivity index is 2.24. The Morgan fingerprint density at radius 3 is 3.00 bits per heavy atom. The number of anilines is 1. The van der Waals surface area contributed by atoms with E-state index in [1.165, 1.54) is 0 Å². The molecule has 0 amide bonds. The third-order valence-electron chi connectivity index (χ3n) is 2.41. The fourth-order valence-corrected chi connectivity index (χ4v) is 1.63. The molecular weight excluding hydrogens is 232 g/mol. The van der Waals surface area contributed by atoms with Crippen LogP contribution in [0.4, 0.5) is 5.69 Å². The molecule has 0 atom stereocenters. The van der Waals surface area contributed by atoms with Crippen molar-refractivity contribution in [3.8, 4) is 5.75 Å². The molecule has 0 saturated carbocycles. The van der Waals surface area contributed by atoms with E-state index in [9.17, 15) is 4.79 Å². The number of nitrogen functional groups attached to an aromatic ring is 1. The summed E-state index contributed by atoms with van der Waals surface area (Å²) < 4.78 is 10.2. The largest absolute Gasteiger partial charge is 0.481 e. The number of esters is 1. The van der Waals surface area contributed by atoms with Gasteiger partial charge in [0.05, 0.1) is 17.8 Å². The maximum absolute atomic E-state index is 11.2. The number of carbonyl (C=O) groups is 1. The quantitative estimate of drug-likeness (QED) is 0.657. The smallest absolute Gasteiger partial charge is 0.344 e. The topological polar surface area (TPSA) is 74.4 Å². The molecule has 0 spiro atoms. The molecule has 0 saturated heterocycles. The summed E-state index contributed by atoms with van der Waals surface area (Å²) >= 11 is 0. The Kier molecular flexibility index (Phi) is 3.62. The summed E-state index contributed by atoms with van der Waals surface area (Å²) in [6.45, 7) is 1.97. The average molecular weight is 246 g/mol. The van der Waals surface area contributed by atoms with E-state index in [0.717, 1.165) is 5.39 Å². The zero-order chi connectivity index (χ0) is 13.0. The van der Waals surface area contributed by atoms with Gasteiger partial charge >= 0.3 is 5.97 Å². The molecule has 2 aromatic rings. The van der Waals surface area contributed by atoms with Gasteiger partial charge in [0.1, 0.15) is 5.75 Å². The first-order valence-electron chi connectivity index (χ1n) is 5.64. The molecule has 1 aromatic carbocycles. The first-order valence-corrected chi connectivity index (χ1v) is 5.64. The summed E-state index contributed by atoms with van der Waals surface area (Å²) in [5.41, 5.74) is 7.06. The molecule has 0 fully saturated rings. The minimum atomic E-state index is -0.397. The Hall–Kier alpha value is -2.30. The summed E-state index contributed by atoms with van der Waals surface area (Å²) in [4.78, 5) is 15.4. The number of nitrogens with two attached hydrogens (primary N) is 1. The van der Waals surface area contributed by atoms with Gasteiger partial charge in [-0.2, -0.15) is 0 Å². The van der Waals surface area contributed by atoms with E-state index < -0.39 is 5.97 Å². The van der Waals surface area contributed by atoms with Gasteiger partial charge < -0.3 is 15.2 Å². The first-order chi connectivity index (χ1) is 8.72. The number of hydrogen-bond acceptors (Lipinski definition) is 5. The highest BCUT2D eigenvalue weighted by molar-refractivity contribution is 5.93. The maximum Gasteiger partial charge on any atom is 0.344 e. The number of pyridine rings is 1. The van der Waals surface area contributed by atoms with E-state index >= 15 is 0 Å². The lowest BCUT2D eigenvalue weighted by Gasteiger charge is -2.09. The van der Waals surface area contributed by atoms with Crippen LogP contribution in [0.15, 0.2) is 30.5 Å². The van der Waals surface area contributed by atoms with E-state index in [0.29, 0.717) is 23.6 Å². The van der Waals surface area contributed by atoms with Crippen molar-refractivity contribution in [3.63, 3.8) is 0 Å². The van der Waals surface area contributed by atoms with E-state index in [4.69, 9.17) is 15.2 Å². The van der Waals surface area contributed by atoms with Gasteiger partial charge in [-0.05, 0) is 31.2 Å². The maximum atomic E-state index is 11.2. The molecule has 0 bridgehead atoms. The summed E-state index contributed by atoms with van der Waals surface area (Å²) in [7, 11) is 0. The lowest BCUT2D eigenvalue weighted by atomic mass is 10.2. The molecule has 18 heavy (non-hydrogen) atoms. The molecule has 0 unspecified atom stereocenters. The minimum absolute atomic E-state index is 0.123. The molecule has 1 aromatic heterocycles. The first kappa shape index (κ1) is 12.2. The molecule has 94 valence electrons. The molecule has 1 heterocycles. The number of nitrogens with zero attached hydrogens (tertiary/aromatic N) is 1. The van der Waals surface area contributed by atoms with Crippen LogP contribution in [-0.2, 0) is 9.53 Å². The molecule has 0 aliphatic carbocycles. The summed E-state index contributed by atoms with van der Waals surface area (Å²) in [5, 5.41) is 0.779. The van der Waals surface area contributed by atoms with E-state index in [2.05, 4.69) is 4.98 Å². The number of hydrogen-bond donors (Lipinski definition) is 1. The molecule has 0 aliphatic heterocycles. The molecule has 2 N–H and O–H groups in total. The van der Waals surface area contributed by atoms with Crippen LogP contribution in [0.2, 0.25) is 0 Å². The van der Waals surface area contributed by atoms with Crippen molar-refractivity contribution in [3.05, 3.63) is 30.5 Å². The van der Waals surface area contributed by atoms with Crippen molar-refractivity contribution < 1.29 is 14.3 Å². The number of fused-ring (bicyclic) bond motifs is 1. The second-order valence-electron chi connectivity index (χ2n) is 3.65. The Labute approximate surface area is 105 Å². The average Bonchev–Trinajstić information content (AvgIpc) is 2.39. The van der Waals surface area contributed by atoms with Crippen LogP contribution >= 0.6 is 0 Å². The van der Waals surface area contributed by atoms with Gasteiger partial charge in [-0.15, -0.1) is 0 Å². The third-order valence-corrected chi connectivity index (χ3v) is 2.41. The van der Waals surface area contributed by atoms with E-state index in [-0.39, 0.29) is 6.61 Å². The number of carbonyl (C=O) groups excluding carboxylic acids is 1. The van der Waals surface area contributed by atoms with Crippen molar-refractivity contribution in [2.45, 2.75) is 6.92 Å². The molecule has 5 heteroatoms. The Morgan fingerprint density at radius 2 is 2.22 bits per heavy atom. The molecular formula is C13H14N2O3. The predicted molar refractivity (Wildman–Crippen MR) is 68.3 cm³/mol. The van der Waals surface area contributed by atoms with Crippen molar-refractivity contribution >= 4 is 22.6 Å². The molecule has 0 radical (unpaired) electrons. The SMILES string of the molecule is CCOC(=O)COc1ccc(N)c2ncccc12. The fraction of sp³-hybridized carbons (Fsp3) is 0.231. The lowest BCUT2D eigenvalue weighted by molar-refractivity contribution is -0.145. The summed E-state index contributed by atoms with van der Waals surface area (Å²) in [6.07, 6.45) is 1.66. The Morgan fingerprint density at radius 1 is 1.39 bits per heavy atom. The zero-order valence-corrected chi connectivity index (χ0v) is 10.1. The number of aromatic nitrogens is 1. The number of rotatable bonds is 4. The number of benzene rings is 1. The Bertz CT molecular complexity index is 569. The van der Waals surface area contributed by atoms with Crippen molar-refractivity contribution in [2.24, 2.45) is 0 Å². The van der Waals surface area contributed by atoms with Crippen LogP contribution in [-0.4, -0.2) is 24.2 Å². The highest BCUT2D eigenvalue weighted by atomic mass is 16.6. The van der Waals surface area contributed by atoms with Gasteiger partial charge in [0, 0.05) is 11.6 Å². The van der Waals surface area contributed by atoms with Crippen molar-refractivity contribution in [1.82, 2.24) is 4.98 Å². The minimum Gasteiger partial charge on any atom is -0.481 e. The van der Waals surface area contributed by atoms with Gasteiger partial charge in [0.25, 0.3) is 0 Å². The van der Waals surface area contributed by atoms with Crippen LogP contribution in [0.3, 0.4) is 0 Å².